The standard InChI is InChI=1S/C7H13NO/c1-5-9-8-7(4)6(2)3/h1,6-8H,2-4H3. The zero-order valence-electron chi connectivity index (χ0n) is 6.14. The van der Waals surface area contributed by atoms with Crippen molar-refractivity contribution in [3.05, 3.63) is 0 Å². The molecule has 0 aromatic rings. The van der Waals surface area contributed by atoms with Gasteiger partial charge in [0.1, 0.15) is 6.11 Å². The molecule has 52 valence electrons. The average Bonchev–Trinajstić information content (AvgIpc) is 1.82. The minimum atomic E-state index is 0.307. The SMILES string of the molecule is C#CONC(C)C(C)C. The second-order valence-corrected chi connectivity index (χ2v) is 2.37. The topological polar surface area (TPSA) is 21.3 Å². The first kappa shape index (κ1) is 8.32. The van der Waals surface area contributed by atoms with Crippen LogP contribution in [-0.2, 0) is 4.84 Å². The van der Waals surface area contributed by atoms with Crippen LogP contribution >= 0.6 is 0 Å². The van der Waals surface area contributed by atoms with Gasteiger partial charge >= 0.3 is 0 Å². The lowest BCUT2D eigenvalue weighted by Gasteiger charge is -2.13. The van der Waals surface area contributed by atoms with Gasteiger partial charge in [-0.1, -0.05) is 20.3 Å². The molecule has 0 aliphatic rings. The van der Waals surface area contributed by atoms with Crippen molar-refractivity contribution in [2.45, 2.75) is 26.8 Å². The van der Waals surface area contributed by atoms with Gasteiger partial charge in [-0.2, -0.15) is 0 Å². The highest BCUT2D eigenvalue weighted by atomic mass is 16.6. The molecule has 0 heterocycles. The number of hydroxylamine groups is 1. The number of terminal acetylenes is 1. The number of hydrogen-bond acceptors (Lipinski definition) is 2. The van der Waals surface area contributed by atoms with Crippen LogP contribution in [0.15, 0.2) is 0 Å². The molecule has 2 nitrogen and oxygen atoms in total. The van der Waals surface area contributed by atoms with Crippen molar-refractivity contribution in [3.8, 4) is 12.5 Å². The van der Waals surface area contributed by atoms with Crippen LogP contribution in [0, 0.1) is 18.4 Å². The highest BCUT2D eigenvalue weighted by molar-refractivity contribution is 4.68. The molecule has 0 aromatic carbocycles. The van der Waals surface area contributed by atoms with Crippen LogP contribution in [0.4, 0.5) is 0 Å². The van der Waals surface area contributed by atoms with Gasteiger partial charge in [-0.25, -0.2) is 0 Å². The van der Waals surface area contributed by atoms with Crippen molar-refractivity contribution in [3.63, 3.8) is 0 Å². The van der Waals surface area contributed by atoms with E-state index in [-0.39, 0.29) is 0 Å². The van der Waals surface area contributed by atoms with Gasteiger partial charge in [0, 0.05) is 6.04 Å². The summed E-state index contributed by atoms with van der Waals surface area (Å²) in [6.45, 7) is 6.21. The van der Waals surface area contributed by atoms with Crippen molar-refractivity contribution >= 4 is 0 Å². The lowest BCUT2D eigenvalue weighted by Crippen LogP contribution is -2.29. The third kappa shape index (κ3) is 3.87. The van der Waals surface area contributed by atoms with Crippen molar-refractivity contribution < 1.29 is 4.84 Å². The second-order valence-electron chi connectivity index (χ2n) is 2.37. The molecule has 0 amide bonds. The van der Waals surface area contributed by atoms with Gasteiger partial charge in [-0.3, -0.25) is 0 Å². The molecular weight excluding hydrogens is 114 g/mol. The highest BCUT2D eigenvalue weighted by Crippen LogP contribution is 1.98. The Kier molecular flexibility index (Phi) is 3.90. The van der Waals surface area contributed by atoms with E-state index in [9.17, 15) is 0 Å². The van der Waals surface area contributed by atoms with Crippen LogP contribution in [0.2, 0.25) is 0 Å². The maximum atomic E-state index is 4.84. The summed E-state index contributed by atoms with van der Waals surface area (Å²) in [5.74, 6) is 0.540. The normalized spacial score (nSPS) is 12.8. The van der Waals surface area contributed by atoms with Gasteiger partial charge in [-0.15, -0.1) is 5.48 Å². The molecule has 0 radical (unpaired) electrons. The summed E-state index contributed by atoms with van der Waals surface area (Å²) in [6, 6.07) is 0.307. The third-order valence-corrected chi connectivity index (χ3v) is 1.30. The number of rotatable bonds is 3. The van der Waals surface area contributed by atoms with Crippen LogP contribution in [0.1, 0.15) is 20.8 Å². The van der Waals surface area contributed by atoms with Crippen LogP contribution in [0.3, 0.4) is 0 Å². The van der Waals surface area contributed by atoms with E-state index >= 15 is 0 Å². The molecule has 0 aromatic heterocycles. The van der Waals surface area contributed by atoms with E-state index in [0.29, 0.717) is 12.0 Å². The number of hydrogen-bond donors (Lipinski definition) is 1. The minimum Gasteiger partial charge on any atom is -0.356 e. The summed E-state index contributed by atoms with van der Waals surface area (Å²) in [4.78, 5) is 4.53. The van der Waals surface area contributed by atoms with E-state index in [1.165, 1.54) is 0 Å². The first-order valence-corrected chi connectivity index (χ1v) is 3.05. The molecule has 0 rings (SSSR count). The summed E-state index contributed by atoms with van der Waals surface area (Å²) < 4.78 is 0. The Balaban J connectivity index is 3.29. The second kappa shape index (κ2) is 4.22. The van der Waals surface area contributed by atoms with E-state index in [1.807, 2.05) is 13.0 Å². The Bertz CT molecular complexity index is 104. The smallest absolute Gasteiger partial charge is 0.134 e. The first-order chi connectivity index (χ1) is 4.18. The molecule has 1 unspecified atom stereocenters. The Morgan fingerprint density at radius 2 is 2.00 bits per heavy atom. The molecule has 2 heteroatoms. The maximum Gasteiger partial charge on any atom is 0.134 e. The Labute approximate surface area is 56.5 Å². The van der Waals surface area contributed by atoms with Crippen LogP contribution in [0.5, 0.6) is 0 Å². The Hall–Kier alpha value is -0.680. The molecular formula is C7H13NO. The van der Waals surface area contributed by atoms with Gasteiger partial charge in [0.05, 0.1) is 0 Å². The van der Waals surface area contributed by atoms with Gasteiger partial charge < -0.3 is 4.84 Å². The maximum absolute atomic E-state index is 4.84. The fourth-order valence-corrected chi connectivity index (χ4v) is 0.263. The van der Waals surface area contributed by atoms with Gasteiger partial charge in [-0.05, 0) is 12.8 Å². The number of nitrogens with one attached hydrogen (secondary N) is 1. The Morgan fingerprint density at radius 3 is 2.33 bits per heavy atom. The Morgan fingerprint density at radius 1 is 1.44 bits per heavy atom. The molecule has 0 bridgehead atoms. The molecule has 1 atom stereocenters. The summed E-state index contributed by atoms with van der Waals surface area (Å²) in [5, 5.41) is 0. The quantitative estimate of drug-likeness (QED) is 0.453. The molecule has 0 saturated heterocycles. The third-order valence-electron chi connectivity index (χ3n) is 1.30. The molecule has 1 N–H and O–H groups in total. The van der Waals surface area contributed by atoms with Gasteiger partial charge in [0.25, 0.3) is 0 Å². The summed E-state index contributed by atoms with van der Waals surface area (Å²) >= 11 is 0. The molecule has 0 saturated carbocycles. The van der Waals surface area contributed by atoms with Crippen molar-refractivity contribution in [1.29, 1.82) is 0 Å². The fourth-order valence-electron chi connectivity index (χ4n) is 0.263. The van der Waals surface area contributed by atoms with Crippen molar-refractivity contribution in [2.75, 3.05) is 0 Å². The van der Waals surface area contributed by atoms with Crippen LogP contribution in [0.25, 0.3) is 0 Å². The van der Waals surface area contributed by atoms with Gasteiger partial charge in [0.15, 0.2) is 0 Å². The molecule has 9 heavy (non-hydrogen) atoms. The molecule has 0 spiro atoms. The van der Waals surface area contributed by atoms with Crippen molar-refractivity contribution in [1.82, 2.24) is 5.48 Å². The van der Waals surface area contributed by atoms with E-state index in [4.69, 9.17) is 6.42 Å². The monoisotopic (exact) mass is 127 g/mol. The highest BCUT2D eigenvalue weighted by Gasteiger charge is 2.04. The zero-order chi connectivity index (χ0) is 7.28. The summed E-state index contributed by atoms with van der Waals surface area (Å²) in [5.41, 5.74) is 2.70. The predicted octanol–water partition coefficient (Wildman–Crippen LogP) is 1.14. The lowest BCUT2D eigenvalue weighted by molar-refractivity contribution is 0.108. The molecule has 0 aliphatic carbocycles. The van der Waals surface area contributed by atoms with E-state index in [0.717, 1.165) is 0 Å². The lowest BCUT2D eigenvalue weighted by atomic mass is 10.1. The summed E-state index contributed by atoms with van der Waals surface area (Å²) in [7, 11) is 0. The summed E-state index contributed by atoms with van der Waals surface area (Å²) in [6.07, 6.45) is 6.88. The largest absolute Gasteiger partial charge is 0.356 e. The van der Waals surface area contributed by atoms with Crippen LogP contribution < -0.4 is 5.48 Å². The molecule has 0 aliphatic heterocycles. The van der Waals surface area contributed by atoms with Crippen LogP contribution in [-0.4, -0.2) is 6.04 Å². The average molecular weight is 127 g/mol. The molecule has 0 fully saturated rings. The van der Waals surface area contributed by atoms with Crippen molar-refractivity contribution in [2.24, 2.45) is 5.92 Å². The first-order valence-electron chi connectivity index (χ1n) is 3.05. The zero-order valence-corrected chi connectivity index (χ0v) is 6.14. The minimum absolute atomic E-state index is 0.307. The van der Waals surface area contributed by atoms with E-state index in [1.54, 1.807) is 0 Å². The fraction of sp³-hybridized carbons (Fsp3) is 0.714. The van der Waals surface area contributed by atoms with E-state index < -0.39 is 0 Å². The van der Waals surface area contributed by atoms with Gasteiger partial charge in [0.2, 0.25) is 0 Å². The predicted molar refractivity (Wildman–Crippen MR) is 37.4 cm³/mol. The van der Waals surface area contributed by atoms with E-state index in [2.05, 4.69) is 24.2 Å².